The van der Waals surface area contributed by atoms with Gasteiger partial charge < -0.3 is 0 Å². The Morgan fingerprint density at radius 2 is 2.10 bits per heavy atom. The van der Waals surface area contributed by atoms with E-state index in [-0.39, 0.29) is 5.82 Å². The van der Waals surface area contributed by atoms with E-state index in [4.69, 9.17) is 0 Å². The first-order valence-electron chi connectivity index (χ1n) is 7.03. The highest BCUT2D eigenvalue weighted by Gasteiger charge is 2.27. The zero-order valence-corrected chi connectivity index (χ0v) is 13.0. The van der Waals surface area contributed by atoms with Crippen LogP contribution in [0.2, 0.25) is 0 Å². The number of hydrogen-bond donors (Lipinski definition) is 0. The summed E-state index contributed by atoms with van der Waals surface area (Å²) >= 11 is 3.41. The number of aromatic nitrogens is 1. The molecule has 20 heavy (non-hydrogen) atoms. The van der Waals surface area contributed by atoms with Crippen LogP contribution in [0.1, 0.15) is 48.3 Å². The predicted octanol–water partition coefficient (Wildman–Crippen LogP) is 5.21. The van der Waals surface area contributed by atoms with Gasteiger partial charge >= 0.3 is 0 Å². The van der Waals surface area contributed by atoms with Crippen molar-refractivity contribution in [3.63, 3.8) is 0 Å². The largest absolute Gasteiger partial charge is 0.265 e. The maximum Gasteiger partial charge on any atom is 0.127 e. The first kappa shape index (κ1) is 13.7. The van der Waals surface area contributed by atoms with Crippen molar-refractivity contribution in [1.82, 2.24) is 4.98 Å². The van der Waals surface area contributed by atoms with Crippen LogP contribution in [0.3, 0.4) is 0 Å². The van der Waals surface area contributed by atoms with Crippen LogP contribution in [0.25, 0.3) is 0 Å². The second-order valence-electron chi connectivity index (χ2n) is 5.61. The molecular formula is C17H17BrFN. The Hall–Kier alpha value is -1.22. The maximum absolute atomic E-state index is 13.9. The molecule has 1 aromatic carbocycles. The van der Waals surface area contributed by atoms with Crippen molar-refractivity contribution in [2.75, 3.05) is 0 Å². The van der Waals surface area contributed by atoms with E-state index in [0.717, 1.165) is 29.3 Å². The highest BCUT2D eigenvalue weighted by atomic mass is 79.9. The SMILES string of the molecule is CC(CC1CCc2c(F)cc(Br)cc21)c1ccncc1. The molecule has 104 valence electrons. The average molecular weight is 334 g/mol. The number of pyridine rings is 1. The van der Waals surface area contributed by atoms with Gasteiger partial charge in [-0.25, -0.2) is 4.39 Å². The van der Waals surface area contributed by atoms with Gasteiger partial charge in [0.2, 0.25) is 0 Å². The van der Waals surface area contributed by atoms with Crippen LogP contribution in [0.5, 0.6) is 0 Å². The fourth-order valence-electron chi connectivity index (χ4n) is 3.23. The molecule has 2 atom stereocenters. The van der Waals surface area contributed by atoms with E-state index in [1.54, 1.807) is 6.07 Å². The van der Waals surface area contributed by atoms with Crippen molar-refractivity contribution in [3.8, 4) is 0 Å². The van der Waals surface area contributed by atoms with Crippen molar-refractivity contribution in [1.29, 1.82) is 0 Å². The van der Waals surface area contributed by atoms with E-state index < -0.39 is 0 Å². The Balaban J connectivity index is 1.82. The van der Waals surface area contributed by atoms with Crippen LogP contribution in [0, 0.1) is 5.82 Å². The Bertz CT molecular complexity index is 612. The van der Waals surface area contributed by atoms with Crippen LogP contribution in [-0.2, 0) is 6.42 Å². The molecule has 0 fully saturated rings. The monoisotopic (exact) mass is 333 g/mol. The standard InChI is InChI=1S/C17H17BrFN/c1-11(12-4-6-20-7-5-12)8-13-2-3-15-16(13)9-14(18)10-17(15)19/h4-7,9-11,13H,2-3,8H2,1H3. The van der Waals surface area contributed by atoms with Gasteiger partial charge in [-0.15, -0.1) is 0 Å². The maximum atomic E-state index is 13.9. The van der Waals surface area contributed by atoms with Crippen molar-refractivity contribution in [3.05, 3.63) is 63.6 Å². The van der Waals surface area contributed by atoms with Gasteiger partial charge in [-0.05, 0) is 72.1 Å². The molecule has 1 nitrogen and oxygen atoms in total. The van der Waals surface area contributed by atoms with Gasteiger partial charge in [0.25, 0.3) is 0 Å². The zero-order valence-electron chi connectivity index (χ0n) is 11.4. The molecule has 2 unspecified atom stereocenters. The summed E-state index contributed by atoms with van der Waals surface area (Å²) in [5.74, 6) is 0.865. The predicted molar refractivity (Wildman–Crippen MR) is 82.4 cm³/mol. The number of fused-ring (bicyclic) bond motifs is 1. The van der Waals surface area contributed by atoms with Gasteiger partial charge in [-0.2, -0.15) is 0 Å². The number of hydrogen-bond acceptors (Lipinski definition) is 1. The molecule has 0 spiro atoms. The quantitative estimate of drug-likeness (QED) is 0.751. The van der Waals surface area contributed by atoms with Gasteiger partial charge in [-0.1, -0.05) is 22.9 Å². The van der Waals surface area contributed by atoms with Crippen molar-refractivity contribution >= 4 is 15.9 Å². The van der Waals surface area contributed by atoms with E-state index in [0.29, 0.717) is 11.8 Å². The third-order valence-electron chi connectivity index (χ3n) is 4.29. The summed E-state index contributed by atoms with van der Waals surface area (Å²) in [6.07, 6.45) is 6.66. The van der Waals surface area contributed by atoms with Crippen LogP contribution in [0.4, 0.5) is 4.39 Å². The Morgan fingerprint density at radius 3 is 2.85 bits per heavy atom. The molecule has 0 saturated carbocycles. The lowest BCUT2D eigenvalue weighted by atomic mass is 9.87. The first-order valence-corrected chi connectivity index (χ1v) is 7.82. The molecule has 3 rings (SSSR count). The number of rotatable bonds is 3. The fraction of sp³-hybridized carbons (Fsp3) is 0.353. The smallest absolute Gasteiger partial charge is 0.127 e. The Kier molecular flexibility index (Phi) is 3.88. The third kappa shape index (κ3) is 2.64. The second-order valence-corrected chi connectivity index (χ2v) is 6.52. The van der Waals surface area contributed by atoms with E-state index >= 15 is 0 Å². The molecule has 2 aromatic rings. The summed E-state index contributed by atoms with van der Waals surface area (Å²) in [6.45, 7) is 2.24. The van der Waals surface area contributed by atoms with Gasteiger partial charge in [0.15, 0.2) is 0 Å². The van der Waals surface area contributed by atoms with Crippen LogP contribution in [-0.4, -0.2) is 4.98 Å². The van der Waals surface area contributed by atoms with Crippen LogP contribution in [0.15, 0.2) is 41.1 Å². The lowest BCUT2D eigenvalue weighted by molar-refractivity contribution is 0.554. The third-order valence-corrected chi connectivity index (χ3v) is 4.75. The highest BCUT2D eigenvalue weighted by Crippen LogP contribution is 2.41. The molecular weight excluding hydrogens is 317 g/mol. The molecule has 0 aliphatic heterocycles. The molecule has 0 bridgehead atoms. The fourth-order valence-corrected chi connectivity index (χ4v) is 3.67. The molecule has 0 amide bonds. The van der Waals surface area contributed by atoms with E-state index in [1.165, 1.54) is 11.1 Å². The number of halogens is 2. The Morgan fingerprint density at radius 1 is 1.35 bits per heavy atom. The molecule has 0 saturated heterocycles. The summed E-state index contributed by atoms with van der Waals surface area (Å²) < 4.78 is 14.8. The van der Waals surface area contributed by atoms with Gasteiger partial charge in [-0.3, -0.25) is 4.98 Å². The summed E-state index contributed by atoms with van der Waals surface area (Å²) in [7, 11) is 0. The summed E-state index contributed by atoms with van der Waals surface area (Å²) in [6, 6.07) is 7.81. The topological polar surface area (TPSA) is 12.9 Å². The zero-order chi connectivity index (χ0) is 14.1. The summed E-state index contributed by atoms with van der Waals surface area (Å²) in [5.41, 5.74) is 3.42. The molecule has 0 N–H and O–H groups in total. The van der Waals surface area contributed by atoms with Crippen molar-refractivity contribution < 1.29 is 4.39 Å². The summed E-state index contributed by atoms with van der Waals surface area (Å²) in [5, 5.41) is 0. The lowest BCUT2D eigenvalue weighted by Crippen LogP contribution is -2.02. The van der Waals surface area contributed by atoms with Crippen molar-refractivity contribution in [2.24, 2.45) is 0 Å². The van der Waals surface area contributed by atoms with Crippen LogP contribution < -0.4 is 0 Å². The highest BCUT2D eigenvalue weighted by molar-refractivity contribution is 9.10. The molecule has 0 radical (unpaired) electrons. The van der Waals surface area contributed by atoms with E-state index in [2.05, 4.69) is 46.0 Å². The summed E-state index contributed by atoms with van der Waals surface area (Å²) in [4.78, 5) is 4.06. The normalized spacial score (nSPS) is 18.9. The van der Waals surface area contributed by atoms with Crippen molar-refractivity contribution in [2.45, 2.75) is 38.0 Å². The molecule has 1 heterocycles. The van der Waals surface area contributed by atoms with E-state index in [9.17, 15) is 4.39 Å². The molecule has 1 aromatic heterocycles. The van der Waals surface area contributed by atoms with Gasteiger partial charge in [0, 0.05) is 16.9 Å². The Labute approximate surface area is 127 Å². The minimum absolute atomic E-state index is 0.0616. The van der Waals surface area contributed by atoms with Gasteiger partial charge in [0.1, 0.15) is 5.82 Å². The second kappa shape index (κ2) is 5.65. The molecule has 3 heteroatoms. The lowest BCUT2D eigenvalue weighted by Gasteiger charge is -2.18. The minimum Gasteiger partial charge on any atom is -0.265 e. The van der Waals surface area contributed by atoms with Crippen LogP contribution >= 0.6 is 15.9 Å². The number of benzene rings is 1. The van der Waals surface area contributed by atoms with E-state index in [1.807, 2.05) is 12.4 Å². The van der Waals surface area contributed by atoms with Gasteiger partial charge in [0.05, 0.1) is 0 Å². The average Bonchev–Trinajstić information content (AvgIpc) is 2.83. The number of nitrogens with zero attached hydrogens (tertiary/aromatic N) is 1. The molecule has 1 aliphatic rings. The minimum atomic E-state index is -0.0616. The molecule has 1 aliphatic carbocycles. The first-order chi connectivity index (χ1) is 9.65.